The lowest BCUT2D eigenvalue weighted by molar-refractivity contribution is -0.125. The highest BCUT2D eigenvalue weighted by Crippen LogP contribution is 2.24. The lowest BCUT2D eigenvalue weighted by Gasteiger charge is -2.17. The first-order valence-electron chi connectivity index (χ1n) is 10.5. The Labute approximate surface area is 179 Å². The maximum absolute atomic E-state index is 12.4. The van der Waals surface area contributed by atoms with Gasteiger partial charge in [-0.2, -0.15) is 0 Å². The first-order chi connectivity index (χ1) is 14.7. The number of benzene rings is 1. The van der Waals surface area contributed by atoms with Crippen molar-refractivity contribution in [2.75, 3.05) is 33.3 Å². The molecule has 1 aromatic carbocycles. The number of nitrogens with two attached hydrogens (primary N) is 1. The normalized spacial score (nSPS) is 20.0. The zero-order chi connectivity index (χ0) is 21.2. The quantitative estimate of drug-likeness (QED) is 0.712. The Kier molecular flexibility index (Phi) is 8.10. The lowest BCUT2D eigenvalue weighted by Crippen LogP contribution is -2.32. The first-order valence-corrected chi connectivity index (χ1v) is 10.5. The van der Waals surface area contributed by atoms with Gasteiger partial charge in [0.05, 0.1) is 7.11 Å². The molecule has 1 fully saturated rings. The number of hydrogen-bond donors (Lipinski definition) is 2. The molecule has 3 N–H and O–H groups in total. The molecule has 0 saturated carbocycles. The Bertz CT molecular complexity index is 872. The van der Waals surface area contributed by atoms with Crippen molar-refractivity contribution in [2.24, 2.45) is 11.7 Å². The van der Waals surface area contributed by atoms with Crippen LogP contribution in [0.4, 0.5) is 0 Å². The van der Waals surface area contributed by atoms with Crippen LogP contribution < -0.4 is 15.8 Å². The Hall–Kier alpha value is -3.05. The lowest BCUT2D eigenvalue weighted by atomic mass is 10.0. The van der Waals surface area contributed by atoms with Gasteiger partial charge in [0.1, 0.15) is 5.75 Å². The van der Waals surface area contributed by atoms with E-state index in [0.29, 0.717) is 5.70 Å². The average molecular weight is 406 g/mol. The molecule has 5 nitrogen and oxygen atoms in total. The van der Waals surface area contributed by atoms with Gasteiger partial charge in [-0.05, 0) is 49.1 Å². The number of carbonyl (C=O) groups is 1. The van der Waals surface area contributed by atoms with Crippen LogP contribution in [-0.2, 0) is 4.79 Å². The molecule has 0 spiro atoms. The number of para-hydroxylation sites is 1. The fourth-order valence-electron chi connectivity index (χ4n) is 3.53. The molecule has 1 aromatic rings. The van der Waals surface area contributed by atoms with E-state index in [0.717, 1.165) is 55.9 Å². The number of methoxy groups -OCH3 is 1. The maximum Gasteiger partial charge on any atom is 0.246 e. The predicted octanol–water partition coefficient (Wildman–Crippen LogP) is 3.43. The Morgan fingerprint density at radius 1 is 1.27 bits per heavy atom. The summed E-state index contributed by atoms with van der Waals surface area (Å²) in [6.07, 6.45) is 17.8. The molecule has 1 amide bonds. The average Bonchev–Trinajstić information content (AvgIpc) is 3.19. The summed E-state index contributed by atoms with van der Waals surface area (Å²) < 4.78 is 5.39. The van der Waals surface area contributed by atoms with Gasteiger partial charge >= 0.3 is 0 Å². The summed E-state index contributed by atoms with van der Waals surface area (Å²) in [6.45, 7) is 3.41. The van der Waals surface area contributed by atoms with Gasteiger partial charge in [0.15, 0.2) is 0 Å². The first kappa shape index (κ1) is 21.7. The van der Waals surface area contributed by atoms with E-state index >= 15 is 0 Å². The molecule has 1 atom stereocenters. The number of allylic oxidation sites excluding steroid dienone is 8. The minimum Gasteiger partial charge on any atom is -0.496 e. The highest BCUT2D eigenvalue weighted by molar-refractivity contribution is 5.88. The third-order valence-electron chi connectivity index (χ3n) is 5.28. The van der Waals surface area contributed by atoms with Crippen LogP contribution in [0, 0.1) is 5.92 Å². The molecule has 1 saturated heterocycles. The van der Waals surface area contributed by atoms with Crippen LogP contribution in [0.25, 0.3) is 5.70 Å². The number of rotatable bonds is 6. The minimum absolute atomic E-state index is 0.0743. The number of carbonyl (C=O) groups excluding carboxylic acids is 1. The molecule has 5 heteroatoms. The zero-order valence-corrected chi connectivity index (χ0v) is 17.6. The largest absolute Gasteiger partial charge is 0.496 e. The van der Waals surface area contributed by atoms with Gasteiger partial charge in [-0.15, -0.1) is 0 Å². The predicted molar refractivity (Wildman–Crippen MR) is 123 cm³/mol. The zero-order valence-electron chi connectivity index (χ0n) is 17.6. The molecule has 0 aromatic heterocycles. The van der Waals surface area contributed by atoms with Crippen molar-refractivity contribution >= 4 is 11.6 Å². The smallest absolute Gasteiger partial charge is 0.246 e. The topological polar surface area (TPSA) is 67.6 Å². The molecule has 2 aliphatic rings. The summed E-state index contributed by atoms with van der Waals surface area (Å²) in [5, 5.41) is 3.32. The summed E-state index contributed by atoms with van der Waals surface area (Å²) in [5.41, 5.74) is 8.91. The molecular formula is C25H31N3O2. The highest BCUT2D eigenvalue weighted by atomic mass is 16.5. The number of nitrogens with zero attached hydrogens (tertiary/aromatic N) is 1. The van der Waals surface area contributed by atoms with Crippen molar-refractivity contribution in [1.82, 2.24) is 10.2 Å². The second-order valence-corrected chi connectivity index (χ2v) is 7.43. The molecule has 1 aliphatic carbocycles. The monoisotopic (exact) mass is 405 g/mol. The van der Waals surface area contributed by atoms with Crippen molar-refractivity contribution in [2.45, 2.75) is 12.8 Å². The van der Waals surface area contributed by atoms with E-state index < -0.39 is 0 Å². The van der Waals surface area contributed by atoms with Gasteiger partial charge in [-0.25, -0.2) is 0 Å². The molecular weight excluding hydrogens is 374 g/mol. The second kappa shape index (κ2) is 11.2. The fraction of sp³-hybridized carbons (Fsp3) is 0.320. The minimum atomic E-state index is 0.0743. The van der Waals surface area contributed by atoms with Crippen LogP contribution in [0.1, 0.15) is 18.4 Å². The van der Waals surface area contributed by atoms with Crippen LogP contribution in [0.2, 0.25) is 0 Å². The third kappa shape index (κ3) is 6.22. The van der Waals surface area contributed by atoms with Crippen molar-refractivity contribution < 1.29 is 9.53 Å². The van der Waals surface area contributed by atoms with E-state index in [1.165, 1.54) is 0 Å². The van der Waals surface area contributed by atoms with E-state index in [1.54, 1.807) is 13.2 Å². The van der Waals surface area contributed by atoms with Crippen molar-refractivity contribution in [3.05, 3.63) is 84.0 Å². The molecule has 158 valence electrons. The van der Waals surface area contributed by atoms with Crippen LogP contribution in [0.15, 0.2) is 78.4 Å². The van der Waals surface area contributed by atoms with Crippen LogP contribution >= 0.6 is 0 Å². The van der Waals surface area contributed by atoms with Crippen molar-refractivity contribution in [3.8, 4) is 5.75 Å². The standard InChI is InChI=1S/C25H31N3O2/c1-30-24-9-3-2-8-22(24)23(26)14-12-20-6-4-7-21(11-10-20)13-15-25(29)28-18-5-16-27-17-19-28/h2-4,6-11,13-15,20,27H,5,12,16-19,26H2,1H3/b15-13+,23-14+/t20-/m1/s1. The SMILES string of the molecule is COc1ccccc1/C(N)=C\C[C@@H]1C=CC=C(/C=C/C(=O)N2CCCNCC2)C=C1. The highest BCUT2D eigenvalue weighted by Gasteiger charge is 2.12. The Morgan fingerprint density at radius 3 is 3.00 bits per heavy atom. The maximum atomic E-state index is 12.4. The fourth-order valence-corrected chi connectivity index (χ4v) is 3.53. The van der Waals surface area contributed by atoms with Gasteiger partial charge in [0.2, 0.25) is 5.91 Å². The van der Waals surface area contributed by atoms with E-state index in [4.69, 9.17) is 10.5 Å². The second-order valence-electron chi connectivity index (χ2n) is 7.43. The van der Waals surface area contributed by atoms with Gasteiger partial charge in [0, 0.05) is 37.0 Å². The molecule has 3 rings (SSSR count). The van der Waals surface area contributed by atoms with Crippen LogP contribution in [0.5, 0.6) is 5.75 Å². The number of ether oxygens (including phenoxy) is 1. The molecule has 1 aliphatic heterocycles. The molecule has 1 heterocycles. The van der Waals surface area contributed by atoms with Crippen molar-refractivity contribution in [3.63, 3.8) is 0 Å². The van der Waals surface area contributed by atoms with E-state index in [9.17, 15) is 4.79 Å². The number of nitrogens with one attached hydrogen (secondary N) is 1. The summed E-state index contributed by atoms with van der Waals surface area (Å²) in [4.78, 5) is 14.3. The van der Waals surface area contributed by atoms with Crippen LogP contribution in [0.3, 0.4) is 0 Å². The summed E-state index contributed by atoms with van der Waals surface area (Å²) in [5.74, 6) is 1.09. The molecule has 0 radical (unpaired) electrons. The van der Waals surface area contributed by atoms with Gasteiger partial charge in [-0.3, -0.25) is 4.79 Å². The number of hydrogen-bond acceptors (Lipinski definition) is 4. The van der Waals surface area contributed by atoms with E-state index in [2.05, 4.69) is 23.5 Å². The summed E-state index contributed by atoms with van der Waals surface area (Å²) in [7, 11) is 1.65. The van der Waals surface area contributed by atoms with E-state index in [-0.39, 0.29) is 11.8 Å². The third-order valence-corrected chi connectivity index (χ3v) is 5.28. The Balaban J connectivity index is 1.57. The van der Waals surface area contributed by atoms with Gasteiger partial charge < -0.3 is 20.7 Å². The molecule has 30 heavy (non-hydrogen) atoms. The van der Waals surface area contributed by atoms with E-state index in [1.807, 2.05) is 53.5 Å². The van der Waals surface area contributed by atoms with Gasteiger partial charge in [-0.1, -0.05) is 48.6 Å². The summed E-state index contributed by atoms with van der Waals surface area (Å²) >= 11 is 0. The number of amides is 1. The molecule has 0 unspecified atom stereocenters. The van der Waals surface area contributed by atoms with Gasteiger partial charge in [0.25, 0.3) is 0 Å². The van der Waals surface area contributed by atoms with Crippen molar-refractivity contribution in [1.29, 1.82) is 0 Å². The summed E-state index contributed by atoms with van der Waals surface area (Å²) in [6, 6.07) is 7.76. The van der Waals surface area contributed by atoms with Crippen LogP contribution in [-0.4, -0.2) is 44.1 Å². The molecule has 0 bridgehead atoms. The Morgan fingerprint density at radius 2 is 2.13 bits per heavy atom.